The molecule has 0 radical (unpaired) electrons. The number of aromatic nitrogens is 1. The summed E-state index contributed by atoms with van der Waals surface area (Å²) in [5.74, 6) is 1.54. The van der Waals surface area contributed by atoms with Crippen molar-refractivity contribution >= 4 is 0 Å². The van der Waals surface area contributed by atoms with E-state index in [-0.39, 0.29) is 11.9 Å². The SMILES string of the molecule is CC1CCC(CCNC(C)c2ccc(F)cn2)CC1. The molecule has 1 aromatic rings. The van der Waals surface area contributed by atoms with Gasteiger partial charge in [-0.3, -0.25) is 4.98 Å². The predicted molar refractivity (Wildman–Crippen MR) is 76.4 cm³/mol. The number of halogens is 1. The lowest BCUT2D eigenvalue weighted by Crippen LogP contribution is -2.24. The number of nitrogens with one attached hydrogen (secondary N) is 1. The first-order chi connectivity index (χ1) is 9.15. The average Bonchev–Trinajstić information content (AvgIpc) is 2.41. The van der Waals surface area contributed by atoms with Gasteiger partial charge >= 0.3 is 0 Å². The molecule has 0 aromatic carbocycles. The van der Waals surface area contributed by atoms with E-state index in [4.69, 9.17) is 0 Å². The number of nitrogens with zero attached hydrogens (tertiary/aromatic N) is 1. The number of rotatable bonds is 5. The molecule has 2 nitrogen and oxygen atoms in total. The largest absolute Gasteiger partial charge is 0.309 e. The second kappa shape index (κ2) is 6.99. The van der Waals surface area contributed by atoms with E-state index in [1.165, 1.54) is 44.4 Å². The summed E-state index contributed by atoms with van der Waals surface area (Å²) in [4.78, 5) is 4.12. The van der Waals surface area contributed by atoms with Crippen LogP contribution in [0.3, 0.4) is 0 Å². The molecule has 1 unspecified atom stereocenters. The zero-order chi connectivity index (χ0) is 13.7. The molecule has 1 heterocycles. The van der Waals surface area contributed by atoms with Crippen LogP contribution in [-0.2, 0) is 0 Å². The van der Waals surface area contributed by atoms with Crippen molar-refractivity contribution in [2.24, 2.45) is 11.8 Å². The standard InChI is InChI=1S/C16H25FN2/c1-12-3-5-14(6-4-12)9-10-18-13(2)16-8-7-15(17)11-19-16/h7-8,11-14,18H,3-6,9-10H2,1-2H3. The summed E-state index contributed by atoms with van der Waals surface area (Å²) in [5, 5.41) is 3.49. The van der Waals surface area contributed by atoms with Crippen LogP contribution in [0, 0.1) is 17.7 Å². The molecule has 0 bridgehead atoms. The molecular formula is C16H25FN2. The molecule has 0 amide bonds. The monoisotopic (exact) mass is 264 g/mol. The Bertz CT molecular complexity index is 369. The van der Waals surface area contributed by atoms with E-state index in [9.17, 15) is 4.39 Å². The molecule has 0 aliphatic heterocycles. The molecular weight excluding hydrogens is 239 g/mol. The minimum absolute atomic E-state index is 0.197. The molecule has 1 saturated carbocycles. The van der Waals surface area contributed by atoms with Crippen molar-refractivity contribution in [2.45, 2.75) is 52.0 Å². The Hall–Kier alpha value is -0.960. The molecule has 0 spiro atoms. The summed E-state index contributed by atoms with van der Waals surface area (Å²) in [5.41, 5.74) is 0.915. The van der Waals surface area contributed by atoms with Crippen LogP contribution in [0.4, 0.5) is 4.39 Å². The Morgan fingerprint density at radius 3 is 2.68 bits per heavy atom. The lowest BCUT2D eigenvalue weighted by molar-refractivity contribution is 0.273. The lowest BCUT2D eigenvalue weighted by atomic mass is 9.81. The topological polar surface area (TPSA) is 24.9 Å². The van der Waals surface area contributed by atoms with Gasteiger partial charge in [0.05, 0.1) is 11.9 Å². The third kappa shape index (κ3) is 4.57. The van der Waals surface area contributed by atoms with Crippen LogP contribution >= 0.6 is 0 Å². The van der Waals surface area contributed by atoms with Crippen molar-refractivity contribution in [3.05, 3.63) is 29.8 Å². The molecule has 1 fully saturated rings. The Morgan fingerprint density at radius 2 is 2.05 bits per heavy atom. The molecule has 2 rings (SSSR count). The van der Waals surface area contributed by atoms with E-state index in [2.05, 4.69) is 24.1 Å². The number of hydrogen-bond acceptors (Lipinski definition) is 2. The van der Waals surface area contributed by atoms with Crippen molar-refractivity contribution in [1.82, 2.24) is 10.3 Å². The van der Waals surface area contributed by atoms with Crippen LogP contribution < -0.4 is 5.32 Å². The van der Waals surface area contributed by atoms with Gasteiger partial charge in [-0.2, -0.15) is 0 Å². The van der Waals surface area contributed by atoms with Crippen molar-refractivity contribution in [2.75, 3.05) is 6.54 Å². The van der Waals surface area contributed by atoms with Gasteiger partial charge in [0, 0.05) is 6.04 Å². The van der Waals surface area contributed by atoms with Gasteiger partial charge in [0.2, 0.25) is 0 Å². The van der Waals surface area contributed by atoms with Gasteiger partial charge in [-0.05, 0) is 43.9 Å². The van der Waals surface area contributed by atoms with E-state index in [1.54, 1.807) is 6.07 Å². The average molecular weight is 264 g/mol. The van der Waals surface area contributed by atoms with Crippen molar-refractivity contribution in [1.29, 1.82) is 0 Å². The predicted octanol–water partition coefficient (Wildman–Crippen LogP) is 4.09. The molecule has 0 saturated heterocycles. The Labute approximate surface area is 115 Å². The molecule has 1 aliphatic rings. The van der Waals surface area contributed by atoms with E-state index in [0.717, 1.165) is 24.1 Å². The van der Waals surface area contributed by atoms with Gasteiger partial charge in [0.15, 0.2) is 0 Å². The van der Waals surface area contributed by atoms with Gasteiger partial charge in [-0.15, -0.1) is 0 Å². The van der Waals surface area contributed by atoms with E-state index in [0.29, 0.717) is 0 Å². The highest BCUT2D eigenvalue weighted by Crippen LogP contribution is 2.30. The summed E-state index contributed by atoms with van der Waals surface area (Å²) in [6.45, 7) is 5.47. The maximum Gasteiger partial charge on any atom is 0.141 e. The van der Waals surface area contributed by atoms with Crippen molar-refractivity contribution in [3.63, 3.8) is 0 Å². The fourth-order valence-electron chi connectivity index (χ4n) is 2.87. The quantitative estimate of drug-likeness (QED) is 0.866. The first kappa shape index (κ1) is 14.4. The third-order valence-corrected chi connectivity index (χ3v) is 4.33. The second-order valence-corrected chi connectivity index (χ2v) is 5.99. The minimum Gasteiger partial charge on any atom is -0.309 e. The van der Waals surface area contributed by atoms with Crippen LogP contribution in [0.25, 0.3) is 0 Å². The summed E-state index contributed by atoms with van der Waals surface area (Å²) >= 11 is 0. The van der Waals surface area contributed by atoms with Crippen molar-refractivity contribution < 1.29 is 4.39 Å². The van der Waals surface area contributed by atoms with Gasteiger partial charge in [0.25, 0.3) is 0 Å². The van der Waals surface area contributed by atoms with Crippen molar-refractivity contribution in [3.8, 4) is 0 Å². The zero-order valence-electron chi connectivity index (χ0n) is 12.0. The number of pyridine rings is 1. The molecule has 3 heteroatoms. The smallest absolute Gasteiger partial charge is 0.141 e. The first-order valence-corrected chi connectivity index (χ1v) is 7.50. The normalized spacial score (nSPS) is 25.2. The Morgan fingerprint density at radius 1 is 1.32 bits per heavy atom. The summed E-state index contributed by atoms with van der Waals surface area (Å²) in [6.07, 6.45) is 8.08. The Balaban J connectivity index is 1.69. The first-order valence-electron chi connectivity index (χ1n) is 7.50. The minimum atomic E-state index is -0.271. The molecule has 106 valence electrons. The molecule has 1 aliphatic carbocycles. The molecule has 19 heavy (non-hydrogen) atoms. The lowest BCUT2D eigenvalue weighted by Gasteiger charge is -2.26. The fourth-order valence-corrected chi connectivity index (χ4v) is 2.87. The van der Waals surface area contributed by atoms with Crippen LogP contribution in [0.1, 0.15) is 57.7 Å². The van der Waals surface area contributed by atoms with Gasteiger partial charge in [-0.25, -0.2) is 4.39 Å². The van der Waals surface area contributed by atoms with Crippen LogP contribution in [-0.4, -0.2) is 11.5 Å². The highest BCUT2D eigenvalue weighted by Gasteiger charge is 2.18. The maximum atomic E-state index is 12.8. The van der Waals surface area contributed by atoms with Gasteiger partial charge < -0.3 is 5.32 Å². The fraction of sp³-hybridized carbons (Fsp3) is 0.688. The summed E-state index contributed by atoms with van der Waals surface area (Å²) in [6, 6.07) is 3.43. The highest BCUT2D eigenvalue weighted by atomic mass is 19.1. The third-order valence-electron chi connectivity index (χ3n) is 4.33. The van der Waals surface area contributed by atoms with E-state index < -0.39 is 0 Å². The summed E-state index contributed by atoms with van der Waals surface area (Å²) < 4.78 is 12.8. The number of hydrogen-bond donors (Lipinski definition) is 1. The van der Waals surface area contributed by atoms with Crippen LogP contribution in [0.15, 0.2) is 18.3 Å². The summed E-state index contributed by atoms with van der Waals surface area (Å²) in [7, 11) is 0. The maximum absolute atomic E-state index is 12.8. The van der Waals surface area contributed by atoms with Gasteiger partial charge in [0.1, 0.15) is 5.82 Å². The highest BCUT2D eigenvalue weighted by molar-refractivity contribution is 5.08. The molecule has 1 atom stereocenters. The van der Waals surface area contributed by atoms with Crippen LogP contribution in [0.5, 0.6) is 0 Å². The molecule has 1 N–H and O–H groups in total. The second-order valence-electron chi connectivity index (χ2n) is 5.99. The van der Waals surface area contributed by atoms with Gasteiger partial charge in [-0.1, -0.05) is 32.6 Å². The molecule has 1 aromatic heterocycles. The van der Waals surface area contributed by atoms with E-state index >= 15 is 0 Å². The zero-order valence-corrected chi connectivity index (χ0v) is 12.0. The Kier molecular flexibility index (Phi) is 5.32. The van der Waals surface area contributed by atoms with Crippen LogP contribution in [0.2, 0.25) is 0 Å². The van der Waals surface area contributed by atoms with E-state index in [1.807, 2.05) is 0 Å².